The van der Waals surface area contributed by atoms with Gasteiger partial charge in [0.15, 0.2) is 15.8 Å². The normalized spacial score (nSPS) is 24.4. The van der Waals surface area contributed by atoms with E-state index in [-0.39, 0.29) is 5.96 Å². The van der Waals surface area contributed by atoms with E-state index in [1.807, 2.05) is 0 Å². The van der Waals surface area contributed by atoms with Crippen molar-refractivity contribution in [3.05, 3.63) is 0 Å². The van der Waals surface area contributed by atoms with Crippen molar-refractivity contribution < 1.29 is 8.42 Å². The summed E-state index contributed by atoms with van der Waals surface area (Å²) in [7, 11) is -3.14. The van der Waals surface area contributed by atoms with Gasteiger partial charge in [-0.1, -0.05) is 0 Å². The van der Waals surface area contributed by atoms with Crippen LogP contribution in [0, 0.1) is 5.41 Å². The fraction of sp³-hybridized carbons (Fsp3) is 0.833. The van der Waals surface area contributed by atoms with E-state index in [1.165, 1.54) is 11.2 Å². The van der Waals surface area contributed by atoms with Gasteiger partial charge >= 0.3 is 0 Å². The van der Waals surface area contributed by atoms with Gasteiger partial charge in [-0.25, -0.2) is 8.42 Å². The molecule has 7 heteroatoms. The van der Waals surface area contributed by atoms with E-state index in [9.17, 15) is 8.42 Å². The highest BCUT2D eigenvalue weighted by Gasteiger charge is 2.31. The van der Waals surface area contributed by atoms with E-state index < -0.39 is 15.2 Å². The van der Waals surface area contributed by atoms with E-state index in [0.717, 1.165) is 5.75 Å². The molecule has 1 aliphatic rings. The van der Waals surface area contributed by atoms with Gasteiger partial charge in [0.05, 0.1) is 0 Å². The van der Waals surface area contributed by atoms with Crippen LogP contribution >= 0.6 is 11.8 Å². The monoisotopic (exact) mass is 223 g/mol. The summed E-state index contributed by atoms with van der Waals surface area (Å²) in [5.41, 5.74) is 5.29. The Morgan fingerprint density at radius 3 is 2.69 bits per heavy atom. The smallest absolute Gasteiger partial charge is 0.189 e. The third-order valence-electron chi connectivity index (χ3n) is 1.89. The molecule has 0 saturated carbocycles. The Morgan fingerprint density at radius 1 is 1.69 bits per heavy atom. The molecule has 13 heavy (non-hydrogen) atoms. The second-order valence-corrected chi connectivity index (χ2v) is 6.29. The van der Waals surface area contributed by atoms with Crippen LogP contribution in [-0.4, -0.2) is 49.0 Å². The Hall–Kier alpha value is -0.430. The first-order valence-corrected chi connectivity index (χ1v) is 6.91. The van der Waals surface area contributed by atoms with Crippen molar-refractivity contribution in [1.82, 2.24) is 4.90 Å². The highest BCUT2D eigenvalue weighted by Crippen LogP contribution is 2.19. The molecule has 1 heterocycles. The van der Waals surface area contributed by atoms with E-state index in [2.05, 4.69) is 0 Å². The molecule has 0 amide bonds. The molecule has 3 N–H and O–H groups in total. The number of sulfone groups is 1. The number of guanidine groups is 1. The van der Waals surface area contributed by atoms with Crippen LogP contribution in [0.15, 0.2) is 0 Å². The van der Waals surface area contributed by atoms with Crippen molar-refractivity contribution in [1.29, 1.82) is 5.41 Å². The molecule has 0 aromatic rings. The van der Waals surface area contributed by atoms with Gasteiger partial charge < -0.3 is 10.6 Å². The van der Waals surface area contributed by atoms with Crippen LogP contribution in [0.2, 0.25) is 0 Å². The van der Waals surface area contributed by atoms with Crippen LogP contribution in [0.1, 0.15) is 0 Å². The zero-order chi connectivity index (χ0) is 10.1. The summed E-state index contributed by atoms with van der Waals surface area (Å²) in [6.45, 7) is 0.539. The Labute approximate surface area is 82.1 Å². The molecule has 0 spiro atoms. The first kappa shape index (κ1) is 10.6. The van der Waals surface area contributed by atoms with Crippen molar-refractivity contribution in [2.45, 2.75) is 5.37 Å². The predicted octanol–water partition coefficient (Wildman–Crippen LogP) is -0.701. The number of hydrogen-bond donors (Lipinski definition) is 2. The van der Waals surface area contributed by atoms with Gasteiger partial charge in [0, 0.05) is 24.3 Å². The molecule has 0 bridgehead atoms. The largest absolute Gasteiger partial charge is 0.370 e. The molecule has 1 unspecified atom stereocenters. The Kier molecular flexibility index (Phi) is 3.07. The molecule has 1 rings (SSSR count). The van der Waals surface area contributed by atoms with Gasteiger partial charge in [0.1, 0.15) is 5.37 Å². The summed E-state index contributed by atoms with van der Waals surface area (Å²) in [4.78, 5) is 1.44. The average Bonchev–Trinajstić information content (AvgIpc) is 2.03. The SMILES string of the molecule is CS(=O)(=O)C1CSCCN1C(=N)N. The summed E-state index contributed by atoms with van der Waals surface area (Å²) < 4.78 is 22.6. The molecule has 0 aromatic heterocycles. The minimum Gasteiger partial charge on any atom is -0.370 e. The average molecular weight is 223 g/mol. The van der Waals surface area contributed by atoms with Crippen LogP contribution < -0.4 is 5.73 Å². The molecule has 1 fully saturated rings. The topological polar surface area (TPSA) is 87.2 Å². The molecule has 76 valence electrons. The van der Waals surface area contributed by atoms with Crippen molar-refractivity contribution in [2.24, 2.45) is 5.73 Å². The van der Waals surface area contributed by atoms with Crippen LogP contribution in [-0.2, 0) is 9.84 Å². The summed E-state index contributed by atoms with van der Waals surface area (Å²) in [6, 6.07) is 0. The zero-order valence-corrected chi connectivity index (χ0v) is 8.99. The Morgan fingerprint density at radius 2 is 2.31 bits per heavy atom. The fourth-order valence-corrected chi connectivity index (χ4v) is 4.04. The van der Waals surface area contributed by atoms with Gasteiger partial charge in [-0.15, -0.1) is 0 Å². The van der Waals surface area contributed by atoms with Crippen molar-refractivity contribution in [3.8, 4) is 0 Å². The van der Waals surface area contributed by atoms with E-state index in [1.54, 1.807) is 11.8 Å². The molecule has 1 saturated heterocycles. The third kappa shape index (κ3) is 2.50. The summed E-state index contributed by atoms with van der Waals surface area (Å²) >= 11 is 1.58. The Bertz CT molecular complexity index is 301. The summed E-state index contributed by atoms with van der Waals surface area (Å²) in [5.74, 6) is 1.17. The standard InChI is InChI=1S/C6H13N3O2S2/c1-13(10,11)5-4-12-3-2-9(5)6(7)8/h5H,2-4H2,1H3,(H3,7,8). The molecule has 0 aromatic carbocycles. The fourth-order valence-electron chi connectivity index (χ4n) is 1.21. The number of nitrogens with zero attached hydrogens (tertiary/aromatic N) is 1. The lowest BCUT2D eigenvalue weighted by molar-refractivity contribution is 0.404. The van der Waals surface area contributed by atoms with Crippen LogP contribution in [0.3, 0.4) is 0 Å². The maximum Gasteiger partial charge on any atom is 0.189 e. The van der Waals surface area contributed by atoms with Crippen LogP contribution in [0.4, 0.5) is 0 Å². The summed E-state index contributed by atoms with van der Waals surface area (Å²) in [5, 5.41) is 6.61. The van der Waals surface area contributed by atoms with Crippen LogP contribution in [0.25, 0.3) is 0 Å². The quantitative estimate of drug-likeness (QED) is 0.453. The maximum atomic E-state index is 11.3. The van der Waals surface area contributed by atoms with Crippen molar-refractivity contribution in [2.75, 3.05) is 24.3 Å². The van der Waals surface area contributed by atoms with E-state index >= 15 is 0 Å². The number of thioether (sulfide) groups is 1. The number of nitrogens with one attached hydrogen (secondary N) is 1. The highest BCUT2D eigenvalue weighted by atomic mass is 32.2. The van der Waals surface area contributed by atoms with Crippen molar-refractivity contribution in [3.63, 3.8) is 0 Å². The second kappa shape index (κ2) is 3.75. The van der Waals surface area contributed by atoms with Gasteiger partial charge in [-0.2, -0.15) is 11.8 Å². The van der Waals surface area contributed by atoms with E-state index in [4.69, 9.17) is 11.1 Å². The first-order valence-electron chi connectivity index (χ1n) is 3.80. The molecular weight excluding hydrogens is 210 g/mol. The molecular formula is C6H13N3O2S2. The molecule has 0 radical (unpaired) electrons. The minimum atomic E-state index is -3.14. The predicted molar refractivity (Wildman–Crippen MR) is 54.6 cm³/mol. The third-order valence-corrected chi connectivity index (χ3v) is 4.53. The zero-order valence-electron chi connectivity index (χ0n) is 7.36. The molecule has 1 aliphatic heterocycles. The molecule has 1 atom stereocenters. The van der Waals surface area contributed by atoms with Gasteiger partial charge in [0.25, 0.3) is 0 Å². The Balaban J connectivity index is 2.86. The van der Waals surface area contributed by atoms with E-state index in [0.29, 0.717) is 12.3 Å². The second-order valence-electron chi connectivity index (χ2n) is 2.94. The number of rotatable bonds is 1. The molecule has 0 aliphatic carbocycles. The lowest BCUT2D eigenvalue weighted by atomic mass is 10.5. The van der Waals surface area contributed by atoms with Gasteiger partial charge in [-0.05, 0) is 0 Å². The molecule has 5 nitrogen and oxygen atoms in total. The minimum absolute atomic E-state index is 0.157. The lowest BCUT2D eigenvalue weighted by Gasteiger charge is -2.34. The van der Waals surface area contributed by atoms with Gasteiger partial charge in [-0.3, -0.25) is 5.41 Å². The number of nitrogens with two attached hydrogens (primary N) is 1. The highest BCUT2D eigenvalue weighted by molar-refractivity contribution is 8.00. The number of hydrogen-bond acceptors (Lipinski definition) is 4. The summed E-state index contributed by atoms with van der Waals surface area (Å²) in [6.07, 6.45) is 1.18. The lowest BCUT2D eigenvalue weighted by Crippen LogP contribution is -2.52. The van der Waals surface area contributed by atoms with Gasteiger partial charge in [0.2, 0.25) is 0 Å². The first-order chi connectivity index (χ1) is 5.93. The van der Waals surface area contributed by atoms with Crippen molar-refractivity contribution >= 4 is 27.6 Å². The van der Waals surface area contributed by atoms with Crippen LogP contribution in [0.5, 0.6) is 0 Å². The maximum absolute atomic E-state index is 11.3.